The summed E-state index contributed by atoms with van der Waals surface area (Å²) in [4.78, 5) is 12.2. The summed E-state index contributed by atoms with van der Waals surface area (Å²) in [7, 11) is 1.88. The number of hydrogen-bond acceptors (Lipinski definition) is 3. The van der Waals surface area contributed by atoms with Crippen LogP contribution >= 0.6 is 0 Å². The summed E-state index contributed by atoms with van der Waals surface area (Å²) in [5.74, 6) is 0. The minimum atomic E-state index is -0.506. The van der Waals surface area contributed by atoms with Gasteiger partial charge < -0.3 is 10.5 Å². The first-order chi connectivity index (χ1) is 8.28. The number of carbonyl (C=O) groups is 1. The van der Waals surface area contributed by atoms with E-state index in [0.717, 1.165) is 16.5 Å². The van der Waals surface area contributed by atoms with Gasteiger partial charge in [0.05, 0.1) is 5.52 Å². The molecule has 4 nitrogen and oxygen atoms in total. The van der Waals surface area contributed by atoms with Crippen LogP contribution < -0.4 is 11.3 Å². The molecule has 2 aromatic rings. The van der Waals surface area contributed by atoms with Gasteiger partial charge in [-0.2, -0.15) is 0 Å². The molecule has 1 aromatic carbocycles. The fourth-order valence-electron chi connectivity index (χ4n) is 1.92. The number of hydrogen-bond donors (Lipinski definition) is 1. The molecule has 5 heteroatoms. The average Bonchev–Trinajstić information content (AvgIpc) is 2.50. The Morgan fingerprint density at radius 2 is 2.00 bits per heavy atom. The standard InChI is InChI=1S/C13H17BN2O2/c1-13(2,3)18-12(17)16-10-5-4-9(15)6-8(10)7-11(16)14/h4-7H,14-15H2,1-3H3. The molecule has 0 atom stereocenters. The van der Waals surface area contributed by atoms with Crippen LogP contribution in [0, 0.1) is 0 Å². The van der Waals surface area contributed by atoms with E-state index in [-0.39, 0.29) is 6.09 Å². The Bertz CT molecular complexity index is 611. The van der Waals surface area contributed by atoms with Crippen LogP contribution in [0.2, 0.25) is 0 Å². The number of anilines is 1. The van der Waals surface area contributed by atoms with Gasteiger partial charge in [-0.15, -0.1) is 0 Å². The number of rotatable bonds is 0. The fourth-order valence-corrected chi connectivity index (χ4v) is 1.92. The Morgan fingerprint density at radius 1 is 1.33 bits per heavy atom. The molecule has 18 heavy (non-hydrogen) atoms. The molecule has 0 fully saturated rings. The second-order valence-corrected chi connectivity index (χ2v) is 5.42. The molecule has 94 valence electrons. The maximum Gasteiger partial charge on any atom is 0.418 e. The number of nitrogens with zero attached hydrogens (tertiary/aromatic N) is 1. The molecule has 0 saturated heterocycles. The molecule has 0 spiro atoms. The summed E-state index contributed by atoms with van der Waals surface area (Å²) >= 11 is 0. The quantitative estimate of drug-likeness (QED) is 0.560. The first-order valence-corrected chi connectivity index (χ1v) is 5.89. The molecule has 0 saturated carbocycles. The van der Waals surface area contributed by atoms with Gasteiger partial charge in [0, 0.05) is 11.1 Å². The summed E-state index contributed by atoms with van der Waals surface area (Å²) in [6.07, 6.45) is -0.361. The number of benzene rings is 1. The molecule has 0 unspecified atom stereocenters. The highest BCUT2D eigenvalue weighted by molar-refractivity contribution is 6.34. The van der Waals surface area contributed by atoms with Crippen molar-refractivity contribution in [1.82, 2.24) is 4.57 Å². The van der Waals surface area contributed by atoms with Crippen LogP contribution in [0.5, 0.6) is 0 Å². The Balaban J connectivity index is 2.51. The lowest BCUT2D eigenvalue weighted by Gasteiger charge is -2.20. The maximum absolute atomic E-state index is 12.2. The molecule has 1 heterocycles. The Kier molecular flexibility index (Phi) is 2.85. The summed E-state index contributed by atoms with van der Waals surface area (Å²) in [5, 5.41) is 0.943. The molecule has 0 bridgehead atoms. The molecule has 2 rings (SSSR count). The lowest BCUT2D eigenvalue weighted by molar-refractivity contribution is 0.0549. The van der Waals surface area contributed by atoms with Gasteiger partial charge >= 0.3 is 6.09 Å². The second kappa shape index (κ2) is 4.08. The minimum Gasteiger partial charge on any atom is -0.443 e. The smallest absolute Gasteiger partial charge is 0.418 e. The number of carbonyl (C=O) groups excluding carboxylic acids is 1. The molecular formula is C13H17BN2O2. The highest BCUT2D eigenvalue weighted by Crippen LogP contribution is 2.19. The van der Waals surface area contributed by atoms with Crippen molar-refractivity contribution in [3.05, 3.63) is 24.3 Å². The topological polar surface area (TPSA) is 57.2 Å². The van der Waals surface area contributed by atoms with E-state index in [0.29, 0.717) is 5.69 Å². The van der Waals surface area contributed by atoms with E-state index in [1.165, 1.54) is 0 Å². The number of nitrogen functional groups attached to an aromatic ring is 1. The summed E-state index contributed by atoms with van der Waals surface area (Å²) in [6.45, 7) is 5.55. The van der Waals surface area contributed by atoms with Crippen molar-refractivity contribution in [2.24, 2.45) is 0 Å². The highest BCUT2D eigenvalue weighted by atomic mass is 16.6. The Morgan fingerprint density at radius 3 is 2.61 bits per heavy atom. The van der Waals surface area contributed by atoms with Crippen LogP contribution in [-0.4, -0.2) is 24.1 Å². The number of aromatic nitrogens is 1. The van der Waals surface area contributed by atoms with Gasteiger partial charge in [0.15, 0.2) is 7.85 Å². The SMILES string of the molecule is Bc1cc2cc(N)ccc2n1C(=O)OC(C)(C)C. The van der Waals surface area contributed by atoms with E-state index in [1.807, 2.05) is 46.8 Å². The lowest BCUT2D eigenvalue weighted by atomic mass is 10.1. The third-order valence-corrected chi connectivity index (χ3v) is 2.59. The van der Waals surface area contributed by atoms with E-state index in [1.54, 1.807) is 10.6 Å². The van der Waals surface area contributed by atoms with Gasteiger partial charge in [0.25, 0.3) is 0 Å². The van der Waals surface area contributed by atoms with Gasteiger partial charge in [-0.1, -0.05) is 0 Å². The van der Waals surface area contributed by atoms with Crippen LogP contribution in [-0.2, 0) is 4.74 Å². The number of fused-ring (bicyclic) bond motifs is 1. The van der Waals surface area contributed by atoms with Gasteiger partial charge in [-0.05, 0) is 50.6 Å². The summed E-state index contributed by atoms with van der Waals surface area (Å²) in [5.41, 5.74) is 7.57. The number of nitrogens with two attached hydrogens (primary N) is 1. The minimum absolute atomic E-state index is 0.361. The van der Waals surface area contributed by atoms with Crippen molar-refractivity contribution in [1.29, 1.82) is 0 Å². The lowest BCUT2D eigenvalue weighted by Crippen LogP contribution is -2.32. The van der Waals surface area contributed by atoms with E-state index < -0.39 is 5.60 Å². The van der Waals surface area contributed by atoms with Crippen LogP contribution in [0.3, 0.4) is 0 Å². The third kappa shape index (κ3) is 2.35. The van der Waals surface area contributed by atoms with Crippen LogP contribution in [0.1, 0.15) is 20.8 Å². The maximum atomic E-state index is 12.2. The van der Waals surface area contributed by atoms with E-state index >= 15 is 0 Å². The molecule has 0 aliphatic rings. The summed E-state index contributed by atoms with van der Waals surface area (Å²) in [6, 6.07) is 7.39. The molecule has 0 aliphatic heterocycles. The van der Waals surface area contributed by atoms with Crippen molar-refractivity contribution in [3.63, 3.8) is 0 Å². The van der Waals surface area contributed by atoms with Crippen LogP contribution in [0.25, 0.3) is 10.9 Å². The van der Waals surface area contributed by atoms with Crippen molar-refractivity contribution in [3.8, 4) is 0 Å². The van der Waals surface area contributed by atoms with Crippen molar-refractivity contribution in [2.75, 3.05) is 5.73 Å². The number of ether oxygens (including phenoxy) is 1. The van der Waals surface area contributed by atoms with Crippen molar-refractivity contribution in [2.45, 2.75) is 26.4 Å². The van der Waals surface area contributed by atoms with Crippen molar-refractivity contribution >= 4 is 36.1 Å². The Hall–Kier alpha value is -1.91. The largest absolute Gasteiger partial charge is 0.443 e. The molecule has 0 radical (unpaired) electrons. The van der Waals surface area contributed by atoms with Crippen LogP contribution in [0.15, 0.2) is 24.3 Å². The van der Waals surface area contributed by atoms with Crippen molar-refractivity contribution < 1.29 is 9.53 Å². The Labute approximate surface area is 107 Å². The summed E-state index contributed by atoms with van der Waals surface area (Å²) < 4.78 is 6.96. The molecule has 0 amide bonds. The van der Waals surface area contributed by atoms with E-state index in [9.17, 15) is 4.79 Å². The predicted octanol–water partition coefficient (Wildman–Crippen LogP) is 1.27. The average molecular weight is 244 g/mol. The molecule has 2 N–H and O–H groups in total. The molecule has 0 aliphatic carbocycles. The second-order valence-electron chi connectivity index (χ2n) is 5.42. The van der Waals surface area contributed by atoms with Gasteiger partial charge in [0.2, 0.25) is 0 Å². The zero-order valence-electron chi connectivity index (χ0n) is 11.2. The zero-order chi connectivity index (χ0) is 13.5. The zero-order valence-corrected chi connectivity index (χ0v) is 11.2. The first-order valence-electron chi connectivity index (χ1n) is 5.89. The highest BCUT2D eigenvalue weighted by Gasteiger charge is 2.20. The fraction of sp³-hybridized carbons (Fsp3) is 0.308. The molecule has 1 aromatic heterocycles. The molecular weight excluding hydrogens is 227 g/mol. The monoisotopic (exact) mass is 244 g/mol. The van der Waals surface area contributed by atoms with E-state index in [2.05, 4.69) is 0 Å². The predicted molar refractivity (Wildman–Crippen MR) is 76.2 cm³/mol. The normalized spacial score (nSPS) is 11.7. The van der Waals surface area contributed by atoms with Crippen LogP contribution in [0.4, 0.5) is 10.5 Å². The van der Waals surface area contributed by atoms with Gasteiger partial charge in [-0.3, -0.25) is 4.57 Å². The first kappa shape index (κ1) is 12.5. The van der Waals surface area contributed by atoms with Gasteiger partial charge in [0.1, 0.15) is 5.60 Å². The van der Waals surface area contributed by atoms with Gasteiger partial charge in [-0.25, -0.2) is 4.79 Å². The van der Waals surface area contributed by atoms with E-state index in [4.69, 9.17) is 10.5 Å². The third-order valence-electron chi connectivity index (χ3n) is 2.59.